The summed E-state index contributed by atoms with van der Waals surface area (Å²) in [4.78, 5) is 11.4. The molecule has 2 aromatic carbocycles. The number of hydrogen-bond donors (Lipinski definition) is 0. The predicted molar refractivity (Wildman–Crippen MR) is 103 cm³/mol. The lowest BCUT2D eigenvalue weighted by Crippen LogP contribution is -2.38. The minimum absolute atomic E-state index is 0.596. The summed E-state index contributed by atoms with van der Waals surface area (Å²) >= 11 is 6.27. The Morgan fingerprint density at radius 3 is 2.50 bits per heavy atom. The van der Waals surface area contributed by atoms with Crippen LogP contribution >= 0.6 is 11.6 Å². The second-order valence-electron chi connectivity index (χ2n) is 6.27. The van der Waals surface area contributed by atoms with Gasteiger partial charge in [-0.1, -0.05) is 29.8 Å². The lowest BCUT2D eigenvalue weighted by Gasteiger charge is -2.33. The molecule has 0 bridgehead atoms. The molecule has 1 aliphatic heterocycles. The predicted octanol–water partition coefficient (Wildman–Crippen LogP) is 3.69. The van der Waals surface area contributed by atoms with Gasteiger partial charge in [0.15, 0.2) is 0 Å². The van der Waals surface area contributed by atoms with Crippen molar-refractivity contribution in [2.75, 3.05) is 45.8 Å². The summed E-state index contributed by atoms with van der Waals surface area (Å²) in [5, 5.41) is 0.742. The Morgan fingerprint density at radius 2 is 1.79 bits per heavy atom. The molecular formula is C19H23ClN4. The second kappa shape index (κ2) is 7.24. The van der Waals surface area contributed by atoms with Gasteiger partial charge >= 0.3 is 0 Å². The average molecular weight is 343 g/mol. The Labute approximate surface area is 149 Å². The quantitative estimate of drug-likeness (QED) is 0.846. The van der Waals surface area contributed by atoms with Gasteiger partial charge in [0.25, 0.3) is 0 Å². The number of aliphatic imine (C=N–C) groups is 1. The Morgan fingerprint density at radius 1 is 1.04 bits per heavy atom. The first-order valence-electron chi connectivity index (χ1n) is 8.09. The van der Waals surface area contributed by atoms with E-state index >= 15 is 0 Å². The zero-order valence-corrected chi connectivity index (χ0v) is 15.2. The van der Waals surface area contributed by atoms with Gasteiger partial charge in [-0.05, 0) is 44.4 Å². The van der Waals surface area contributed by atoms with E-state index in [0.29, 0.717) is 6.67 Å². The summed E-state index contributed by atoms with van der Waals surface area (Å²) in [5.41, 5.74) is 3.35. The van der Waals surface area contributed by atoms with Crippen LogP contribution in [0.15, 0.2) is 53.5 Å². The van der Waals surface area contributed by atoms with E-state index in [9.17, 15) is 0 Å². The molecule has 0 radical (unpaired) electrons. The number of para-hydroxylation sites is 1. The van der Waals surface area contributed by atoms with Gasteiger partial charge in [-0.15, -0.1) is 0 Å². The molecule has 0 saturated carbocycles. The van der Waals surface area contributed by atoms with Crippen molar-refractivity contribution in [2.24, 2.45) is 4.99 Å². The minimum Gasteiger partial charge on any atom is -0.358 e. The van der Waals surface area contributed by atoms with Crippen LogP contribution in [0.2, 0.25) is 5.02 Å². The summed E-state index contributed by atoms with van der Waals surface area (Å²) in [7, 11) is 6.27. The van der Waals surface area contributed by atoms with Gasteiger partial charge < -0.3 is 14.7 Å². The van der Waals surface area contributed by atoms with E-state index in [-0.39, 0.29) is 0 Å². The molecule has 126 valence electrons. The van der Waals surface area contributed by atoms with E-state index in [1.807, 2.05) is 30.3 Å². The SMILES string of the molecule is CN(C)CCN(C)C1=NCN(c2ccccc2)c2cc(Cl)ccc21. The third-order valence-electron chi connectivity index (χ3n) is 4.17. The molecule has 1 aliphatic rings. The highest BCUT2D eigenvalue weighted by molar-refractivity contribution is 6.31. The topological polar surface area (TPSA) is 22.1 Å². The molecule has 1 heterocycles. The molecule has 0 amide bonds. The molecule has 5 heteroatoms. The van der Waals surface area contributed by atoms with E-state index in [1.54, 1.807) is 0 Å². The maximum absolute atomic E-state index is 6.27. The van der Waals surface area contributed by atoms with Crippen molar-refractivity contribution in [3.8, 4) is 0 Å². The van der Waals surface area contributed by atoms with Crippen LogP contribution in [-0.4, -0.2) is 56.5 Å². The Bertz CT molecular complexity index is 727. The van der Waals surface area contributed by atoms with Crippen LogP contribution < -0.4 is 4.90 Å². The summed E-state index contributed by atoms with van der Waals surface area (Å²) in [6.45, 7) is 2.51. The van der Waals surface area contributed by atoms with Crippen LogP contribution in [0.4, 0.5) is 11.4 Å². The third-order valence-corrected chi connectivity index (χ3v) is 4.40. The third kappa shape index (κ3) is 3.55. The number of benzene rings is 2. The van der Waals surface area contributed by atoms with Gasteiger partial charge in [0.2, 0.25) is 0 Å². The molecule has 0 saturated heterocycles. The minimum atomic E-state index is 0.596. The highest BCUT2D eigenvalue weighted by Gasteiger charge is 2.23. The number of halogens is 1. The standard InChI is InChI=1S/C19H23ClN4/c1-22(2)11-12-23(3)19-17-10-9-15(20)13-18(17)24(14-21-19)16-7-5-4-6-8-16/h4-10,13H,11-12,14H2,1-3H3. The fourth-order valence-electron chi connectivity index (χ4n) is 2.83. The largest absolute Gasteiger partial charge is 0.358 e. The zero-order chi connectivity index (χ0) is 17.1. The van der Waals surface area contributed by atoms with Crippen molar-refractivity contribution >= 4 is 28.8 Å². The lowest BCUT2D eigenvalue weighted by molar-refractivity contribution is 0.356. The number of fused-ring (bicyclic) bond motifs is 1. The van der Waals surface area contributed by atoms with E-state index in [4.69, 9.17) is 16.6 Å². The highest BCUT2D eigenvalue weighted by atomic mass is 35.5. The number of rotatable bonds is 4. The molecule has 0 aromatic heterocycles. The van der Waals surface area contributed by atoms with Crippen LogP contribution in [-0.2, 0) is 0 Å². The summed E-state index contributed by atoms with van der Waals surface area (Å²) < 4.78 is 0. The molecule has 4 nitrogen and oxygen atoms in total. The first-order valence-corrected chi connectivity index (χ1v) is 8.47. The van der Waals surface area contributed by atoms with Gasteiger partial charge in [-0.2, -0.15) is 0 Å². The molecule has 0 spiro atoms. The van der Waals surface area contributed by atoms with Crippen molar-refractivity contribution in [2.45, 2.75) is 0 Å². The van der Waals surface area contributed by atoms with Crippen LogP contribution in [0, 0.1) is 0 Å². The number of likely N-dealkylation sites (N-methyl/N-ethyl adjacent to an activating group) is 2. The van der Waals surface area contributed by atoms with Gasteiger partial charge in [0, 0.05) is 36.4 Å². The Balaban J connectivity index is 1.95. The van der Waals surface area contributed by atoms with Gasteiger partial charge in [-0.3, -0.25) is 0 Å². The number of amidine groups is 1. The van der Waals surface area contributed by atoms with Crippen LogP contribution in [0.5, 0.6) is 0 Å². The molecule has 24 heavy (non-hydrogen) atoms. The maximum Gasteiger partial charge on any atom is 0.134 e. The first-order chi connectivity index (χ1) is 11.6. The molecule has 0 fully saturated rings. The Hall–Kier alpha value is -2.04. The maximum atomic E-state index is 6.27. The molecule has 0 N–H and O–H groups in total. The fourth-order valence-corrected chi connectivity index (χ4v) is 2.99. The lowest BCUT2D eigenvalue weighted by atomic mass is 10.1. The van der Waals surface area contributed by atoms with Gasteiger partial charge in [-0.25, -0.2) is 4.99 Å². The normalized spacial score (nSPS) is 13.7. The molecule has 2 aromatic rings. The zero-order valence-electron chi connectivity index (χ0n) is 14.4. The molecule has 0 aliphatic carbocycles. The van der Waals surface area contributed by atoms with Crippen LogP contribution in [0.1, 0.15) is 5.56 Å². The van der Waals surface area contributed by atoms with Crippen LogP contribution in [0.25, 0.3) is 0 Å². The van der Waals surface area contributed by atoms with Crippen molar-refractivity contribution in [1.82, 2.24) is 9.80 Å². The van der Waals surface area contributed by atoms with E-state index in [1.165, 1.54) is 0 Å². The molecule has 0 atom stereocenters. The van der Waals surface area contributed by atoms with Gasteiger partial charge in [0.1, 0.15) is 12.5 Å². The van der Waals surface area contributed by atoms with Crippen molar-refractivity contribution in [3.63, 3.8) is 0 Å². The fraction of sp³-hybridized carbons (Fsp3) is 0.316. The molecule has 0 unspecified atom stereocenters. The number of nitrogens with zero attached hydrogens (tertiary/aromatic N) is 4. The molecular weight excluding hydrogens is 320 g/mol. The van der Waals surface area contributed by atoms with Crippen molar-refractivity contribution < 1.29 is 0 Å². The average Bonchev–Trinajstić information content (AvgIpc) is 2.59. The number of hydrogen-bond acceptors (Lipinski definition) is 4. The van der Waals surface area contributed by atoms with E-state index < -0.39 is 0 Å². The van der Waals surface area contributed by atoms with Gasteiger partial charge in [0.05, 0.1) is 5.69 Å². The second-order valence-corrected chi connectivity index (χ2v) is 6.71. The summed E-state index contributed by atoms with van der Waals surface area (Å²) in [5.74, 6) is 1.02. The van der Waals surface area contributed by atoms with E-state index in [2.05, 4.69) is 54.0 Å². The van der Waals surface area contributed by atoms with Crippen molar-refractivity contribution in [3.05, 3.63) is 59.1 Å². The number of anilines is 2. The molecule has 3 rings (SSSR count). The summed E-state index contributed by atoms with van der Waals surface area (Å²) in [6.07, 6.45) is 0. The summed E-state index contributed by atoms with van der Waals surface area (Å²) in [6, 6.07) is 16.3. The van der Waals surface area contributed by atoms with Crippen molar-refractivity contribution in [1.29, 1.82) is 0 Å². The van der Waals surface area contributed by atoms with E-state index in [0.717, 1.165) is 40.9 Å². The first kappa shape index (κ1) is 16.8. The van der Waals surface area contributed by atoms with Crippen LogP contribution in [0.3, 0.4) is 0 Å². The Kier molecular flexibility index (Phi) is 5.07. The smallest absolute Gasteiger partial charge is 0.134 e. The highest BCUT2D eigenvalue weighted by Crippen LogP contribution is 2.34. The monoisotopic (exact) mass is 342 g/mol.